The van der Waals surface area contributed by atoms with Gasteiger partial charge in [-0.25, -0.2) is 9.18 Å². The molecular weight excluding hydrogens is 485 g/mol. The van der Waals surface area contributed by atoms with Crippen molar-refractivity contribution < 1.29 is 43.5 Å². The molecule has 2 fully saturated rings. The molecule has 2 aliphatic rings. The number of aliphatic hydroxyl groups excluding tert-OH is 3. The lowest BCUT2D eigenvalue weighted by atomic mass is 9.78. The smallest absolute Gasteiger partial charge is 0.337 e. The molecule has 0 aliphatic carbocycles. The molecule has 37 heavy (non-hydrogen) atoms. The molecule has 2 saturated heterocycles. The van der Waals surface area contributed by atoms with Gasteiger partial charge >= 0.3 is 5.97 Å². The van der Waals surface area contributed by atoms with E-state index in [1.54, 1.807) is 48.3 Å². The minimum absolute atomic E-state index is 0.0664. The van der Waals surface area contributed by atoms with E-state index in [0.29, 0.717) is 12.2 Å². The molecule has 2 heterocycles. The van der Waals surface area contributed by atoms with Gasteiger partial charge in [-0.2, -0.15) is 0 Å². The summed E-state index contributed by atoms with van der Waals surface area (Å²) in [5.74, 6) is -0.812. The normalized spacial score (nSPS) is 30.4. The molecule has 3 N–H and O–H groups in total. The van der Waals surface area contributed by atoms with Crippen molar-refractivity contribution in [3.8, 4) is 5.75 Å². The lowest BCUT2D eigenvalue weighted by Crippen LogP contribution is -2.61. The zero-order valence-electron chi connectivity index (χ0n) is 20.9. The van der Waals surface area contributed by atoms with Crippen molar-refractivity contribution in [2.75, 3.05) is 14.2 Å². The standard InChI is InChI=1S/C27H32FNO8/c1-14(15-5-9-17(28)10-6-15)4-13-19-20(29(2)25(19)33)16-7-11-18(12-8-16)36-27-23(32)21(30)22(31)24(37-27)26(34)35-3/h5-12,14,19-24,27,30-32H,4,13H2,1-3H3/t14-,19?,20+,21-,22-,23+,24-,27+/m0/s1. The Bertz CT molecular complexity index is 1090. The second-order valence-corrected chi connectivity index (χ2v) is 9.64. The topological polar surface area (TPSA) is 126 Å². The van der Waals surface area contributed by atoms with E-state index in [9.17, 15) is 29.3 Å². The second-order valence-electron chi connectivity index (χ2n) is 9.64. The van der Waals surface area contributed by atoms with Crippen LogP contribution in [-0.2, 0) is 19.1 Å². The maximum absolute atomic E-state index is 13.2. The summed E-state index contributed by atoms with van der Waals surface area (Å²) in [6.07, 6.45) is -6.41. The van der Waals surface area contributed by atoms with E-state index in [1.165, 1.54) is 12.1 Å². The molecule has 0 saturated carbocycles. The molecular formula is C27H32FNO8. The molecule has 0 radical (unpaired) electrons. The summed E-state index contributed by atoms with van der Waals surface area (Å²) in [7, 11) is 2.87. The van der Waals surface area contributed by atoms with Gasteiger partial charge in [-0.05, 0) is 54.2 Å². The zero-order valence-corrected chi connectivity index (χ0v) is 20.9. The van der Waals surface area contributed by atoms with E-state index in [1.807, 2.05) is 0 Å². The van der Waals surface area contributed by atoms with E-state index >= 15 is 0 Å². The van der Waals surface area contributed by atoms with Gasteiger partial charge in [0.1, 0.15) is 29.9 Å². The molecule has 0 bridgehead atoms. The van der Waals surface area contributed by atoms with Crippen molar-refractivity contribution in [3.63, 3.8) is 0 Å². The molecule has 2 aliphatic heterocycles. The monoisotopic (exact) mass is 517 g/mol. The van der Waals surface area contributed by atoms with Gasteiger partial charge < -0.3 is 34.4 Å². The number of halogens is 1. The molecule has 2 aromatic carbocycles. The second kappa shape index (κ2) is 11.1. The summed E-state index contributed by atoms with van der Waals surface area (Å²) in [6, 6.07) is 13.2. The van der Waals surface area contributed by atoms with Crippen LogP contribution in [-0.4, -0.2) is 77.0 Å². The third-order valence-electron chi connectivity index (χ3n) is 7.29. The number of aliphatic hydroxyl groups is 3. The number of ether oxygens (including phenoxy) is 3. The number of hydrogen-bond acceptors (Lipinski definition) is 8. The van der Waals surface area contributed by atoms with Gasteiger partial charge in [0.25, 0.3) is 0 Å². The van der Waals surface area contributed by atoms with Gasteiger partial charge in [0, 0.05) is 7.05 Å². The minimum atomic E-state index is -1.67. The molecule has 1 unspecified atom stereocenters. The first-order chi connectivity index (χ1) is 17.6. The summed E-state index contributed by atoms with van der Waals surface area (Å²) in [4.78, 5) is 26.1. The number of methoxy groups -OCH3 is 1. The highest BCUT2D eigenvalue weighted by Crippen LogP contribution is 2.43. The van der Waals surface area contributed by atoms with Crippen LogP contribution in [0, 0.1) is 11.7 Å². The number of amides is 1. The lowest BCUT2D eigenvalue weighted by Gasteiger charge is -2.46. The molecule has 2 aromatic rings. The van der Waals surface area contributed by atoms with Gasteiger partial charge in [0.05, 0.1) is 19.1 Å². The minimum Gasteiger partial charge on any atom is -0.467 e. The van der Waals surface area contributed by atoms with Crippen molar-refractivity contribution in [2.45, 2.75) is 62.4 Å². The number of nitrogens with zero attached hydrogens (tertiary/aromatic N) is 1. The van der Waals surface area contributed by atoms with E-state index in [4.69, 9.17) is 9.47 Å². The molecule has 0 aromatic heterocycles. The van der Waals surface area contributed by atoms with Gasteiger partial charge in [0.2, 0.25) is 12.2 Å². The number of β-lactam (4-membered cyclic amide) rings is 1. The Labute approximate surface area is 214 Å². The van der Waals surface area contributed by atoms with Crippen molar-refractivity contribution in [1.29, 1.82) is 0 Å². The fourth-order valence-corrected chi connectivity index (χ4v) is 4.98. The van der Waals surface area contributed by atoms with Crippen LogP contribution in [0.5, 0.6) is 5.75 Å². The fraction of sp³-hybridized carbons (Fsp3) is 0.481. The SMILES string of the molecule is COC(=O)[C@H]1O[C@@H](Oc2ccc([C@@H]3C(CC[C@H](C)c4ccc(F)cc4)C(=O)N3C)cc2)[C@H](O)[C@@H](O)[C@@H]1O. The molecule has 9 nitrogen and oxygen atoms in total. The average Bonchev–Trinajstić information content (AvgIpc) is 2.91. The van der Waals surface area contributed by atoms with Gasteiger partial charge in [-0.1, -0.05) is 31.2 Å². The van der Waals surface area contributed by atoms with Crippen LogP contribution >= 0.6 is 0 Å². The van der Waals surface area contributed by atoms with Gasteiger partial charge in [-0.15, -0.1) is 0 Å². The Morgan fingerprint density at radius 3 is 2.32 bits per heavy atom. The van der Waals surface area contributed by atoms with Crippen LogP contribution in [0.1, 0.15) is 42.9 Å². The molecule has 10 heteroatoms. The van der Waals surface area contributed by atoms with Crippen molar-refractivity contribution in [1.82, 2.24) is 4.90 Å². The fourth-order valence-electron chi connectivity index (χ4n) is 4.98. The third kappa shape index (κ3) is 5.47. The first-order valence-electron chi connectivity index (χ1n) is 12.2. The van der Waals surface area contributed by atoms with Crippen LogP contribution in [0.25, 0.3) is 0 Å². The largest absolute Gasteiger partial charge is 0.467 e. The highest BCUT2D eigenvalue weighted by molar-refractivity contribution is 5.86. The number of carbonyl (C=O) groups is 2. The van der Waals surface area contributed by atoms with Crippen molar-refractivity contribution in [3.05, 3.63) is 65.5 Å². The van der Waals surface area contributed by atoms with Crippen LogP contribution in [0.4, 0.5) is 4.39 Å². The molecule has 4 rings (SSSR count). The maximum Gasteiger partial charge on any atom is 0.337 e. The van der Waals surface area contributed by atoms with E-state index in [0.717, 1.165) is 24.7 Å². The summed E-state index contributed by atoms with van der Waals surface area (Å²) >= 11 is 0. The Balaban J connectivity index is 1.39. The van der Waals surface area contributed by atoms with E-state index in [-0.39, 0.29) is 29.6 Å². The van der Waals surface area contributed by atoms with E-state index < -0.39 is 36.7 Å². The number of likely N-dealkylation sites (tertiary alicyclic amines) is 1. The summed E-state index contributed by atoms with van der Waals surface area (Å²) in [5.41, 5.74) is 1.93. The van der Waals surface area contributed by atoms with Crippen molar-refractivity contribution in [2.24, 2.45) is 5.92 Å². The first kappa shape index (κ1) is 27.0. The average molecular weight is 518 g/mol. The summed E-state index contributed by atoms with van der Waals surface area (Å²) in [6.45, 7) is 2.06. The quantitative estimate of drug-likeness (QED) is 0.358. The maximum atomic E-state index is 13.2. The van der Waals surface area contributed by atoms with Crippen LogP contribution < -0.4 is 4.74 Å². The lowest BCUT2D eigenvalue weighted by molar-refractivity contribution is -0.271. The van der Waals surface area contributed by atoms with Gasteiger partial charge in [0.15, 0.2) is 6.10 Å². The number of carbonyl (C=O) groups excluding carboxylic acids is 2. The van der Waals surface area contributed by atoms with Crippen LogP contribution in [0.2, 0.25) is 0 Å². The van der Waals surface area contributed by atoms with Crippen LogP contribution in [0.15, 0.2) is 48.5 Å². The predicted molar refractivity (Wildman–Crippen MR) is 129 cm³/mol. The summed E-state index contributed by atoms with van der Waals surface area (Å²) < 4.78 is 28.8. The van der Waals surface area contributed by atoms with Crippen LogP contribution in [0.3, 0.4) is 0 Å². The van der Waals surface area contributed by atoms with Crippen molar-refractivity contribution >= 4 is 11.9 Å². The molecule has 200 valence electrons. The number of esters is 1. The van der Waals surface area contributed by atoms with Gasteiger partial charge in [-0.3, -0.25) is 4.79 Å². The predicted octanol–water partition coefficient (Wildman–Crippen LogP) is 1.90. The molecule has 0 spiro atoms. The number of hydrogen-bond donors (Lipinski definition) is 3. The Morgan fingerprint density at radius 1 is 1.05 bits per heavy atom. The Hall–Kier alpha value is -3.05. The Kier molecular flexibility index (Phi) is 8.13. The molecule has 1 amide bonds. The highest BCUT2D eigenvalue weighted by atomic mass is 19.1. The first-order valence-corrected chi connectivity index (χ1v) is 12.2. The third-order valence-corrected chi connectivity index (χ3v) is 7.29. The number of benzene rings is 2. The number of rotatable bonds is 8. The highest BCUT2D eigenvalue weighted by Gasteiger charge is 2.49. The summed E-state index contributed by atoms with van der Waals surface area (Å²) in [5, 5.41) is 30.4. The Morgan fingerprint density at radius 2 is 1.70 bits per heavy atom. The zero-order chi connectivity index (χ0) is 26.9. The van der Waals surface area contributed by atoms with E-state index in [2.05, 4.69) is 11.7 Å². The molecule has 8 atom stereocenters.